The minimum absolute atomic E-state index is 0.111. The summed E-state index contributed by atoms with van der Waals surface area (Å²) in [6.45, 7) is 3.67. The number of carbonyl (C=O) groups is 1. The largest absolute Gasteiger partial charge is 0.466 e. The lowest BCUT2D eigenvalue weighted by Crippen LogP contribution is -2.65. The van der Waals surface area contributed by atoms with Gasteiger partial charge >= 0.3 is 5.97 Å². The fraction of sp³-hybridized carbons (Fsp3) is 0.923. The van der Waals surface area contributed by atoms with Crippen LogP contribution in [0.1, 0.15) is 20.3 Å². The van der Waals surface area contributed by atoms with E-state index in [1.165, 1.54) is 7.11 Å². The normalized spacial score (nSPS) is 43.2. The Morgan fingerprint density at radius 3 is 2.71 bits per heavy atom. The summed E-state index contributed by atoms with van der Waals surface area (Å²) in [5, 5.41) is 20.0. The second kappa shape index (κ2) is 6.55. The molecular formula is C13H22O8. The molecule has 2 fully saturated rings. The fourth-order valence-corrected chi connectivity index (χ4v) is 2.53. The van der Waals surface area contributed by atoms with Crippen LogP contribution < -0.4 is 0 Å². The highest BCUT2D eigenvalue weighted by Gasteiger charge is 2.52. The van der Waals surface area contributed by atoms with Crippen LogP contribution in [0.25, 0.3) is 0 Å². The first-order chi connectivity index (χ1) is 9.90. The number of ether oxygens (including phenoxy) is 5. The Morgan fingerprint density at radius 1 is 1.38 bits per heavy atom. The number of hydrogen-bond donors (Lipinski definition) is 2. The third-order valence-electron chi connectivity index (χ3n) is 3.58. The minimum atomic E-state index is -1.24. The van der Waals surface area contributed by atoms with Crippen molar-refractivity contribution in [1.82, 2.24) is 0 Å². The van der Waals surface area contributed by atoms with Gasteiger partial charge in [-0.3, -0.25) is 4.79 Å². The molecule has 0 bridgehead atoms. The Bertz CT molecular complexity index is 373. The maximum atomic E-state index is 11.6. The quantitative estimate of drug-likeness (QED) is 0.648. The molecule has 0 aliphatic carbocycles. The highest BCUT2D eigenvalue weighted by atomic mass is 16.8. The highest BCUT2D eigenvalue weighted by molar-refractivity contribution is 5.70. The van der Waals surface area contributed by atoms with E-state index in [0.29, 0.717) is 0 Å². The second-order valence-electron chi connectivity index (χ2n) is 5.27. The number of esters is 1. The van der Waals surface area contributed by atoms with Crippen molar-refractivity contribution in [3.63, 3.8) is 0 Å². The third kappa shape index (κ3) is 3.53. The summed E-state index contributed by atoms with van der Waals surface area (Å²) in [5.41, 5.74) is 0. The third-order valence-corrected chi connectivity index (χ3v) is 3.58. The van der Waals surface area contributed by atoms with Crippen LogP contribution in [0.15, 0.2) is 0 Å². The van der Waals surface area contributed by atoms with Crippen LogP contribution >= 0.6 is 0 Å². The van der Waals surface area contributed by atoms with E-state index in [-0.39, 0.29) is 19.6 Å². The summed E-state index contributed by atoms with van der Waals surface area (Å²) in [4.78, 5) is 11.6. The van der Waals surface area contributed by atoms with E-state index >= 15 is 0 Å². The zero-order chi connectivity index (χ0) is 15.6. The molecule has 2 aliphatic rings. The number of rotatable bonds is 4. The lowest BCUT2D eigenvalue weighted by atomic mass is 9.97. The van der Waals surface area contributed by atoms with E-state index in [1.54, 1.807) is 13.8 Å². The van der Waals surface area contributed by atoms with E-state index < -0.39 is 42.5 Å². The highest BCUT2D eigenvalue weighted by Crippen LogP contribution is 2.34. The molecule has 122 valence electrons. The molecule has 0 radical (unpaired) electrons. The molecule has 2 N–H and O–H groups in total. The number of carbonyl (C=O) groups excluding carboxylic acids is 1. The molecule has 2 aliphatic heterocycles. The van der Waals surface area contributed by atoms with Crippen molar-refractivity contribution < 1.29 is 38.7 Å². The molecule has 6 atom stereocenters. The Labute approximate surface area is 122 Å². The summed E-state index contributed by atoms with van der Waals surface area (Å²) >= 11 is 0. The minimum Gasteiger partial charge on any atom is -0.466 e. The number of fused-ring (bicyclic) bond motifs is 1. The first kappa shape index (κ1) is 16.6. The molecule has 0 spiro atoms. The molecule has 8 heteroatoms. The molecular weight excluding hydrogens is 284 g/mol. The molecule has 2 heterocycles. The summed E-state index contributed by atoms with van der Waals surface area (Å²) in [5.74, 6) is -1.68. The molecule has 0 aromatic carbocycles. The van der Waals surface area contributed by atoms with Crippen LogP contribution in [0.2, 0.25) is 0 Å². The van der Waals surface area contributed by atoms with Crippen molar-refractivity contribution in [2.75, 3.05) is 20.3 Å². The van der Waals surface area contributed by atoms with E-state index in [0.717, 1.165) is 0 Å². The van der Waals surface area contributed by atoms with Gasteiger partial charge in [-0.05, 0) is 13.8 Å². The Kier molecular flexibility index (Phi) is 5.18. The topological polar surface area (TPSA) is 104 Å². The Balaban J connectivity index is 2.03. The lowest BCUT2D eigenvalue weighted by Gasteiger charge is -2.49. The zero-order valence-corrected chi connectivity index (χ0v) is 12.4. The van der Waals surface area contributed by atoms with Crippen LogP contribution in [0.5, 0.6) is 0 Å². The first-order valence-corrected chi connectivity index (χ1v) is 6.92. The molecule has 0 aromatic rings. The van der Waals surface area contributed by atoms with Crippen molar-refractivity contribution in [1.29, 1.82) is 0 Å². The molecule has 8 nitrogen and oxygen atoms in total. The van der Waals surface area contributed by atoms with Crippen LogP contribution in [0.3, 0.4) is 0 Å². The second-order valence-corrected chi connectivity index (χ2v) is 5.27. The van der Waals surface area contributed by atoms with Gasteiger partial charge in [0.1, 0.15) is 24.4 Å². The van der Waals surface area contributed by atoms with E-state index in [1.807, 2.05) is 0 Å². The summed E-state index contributed by atoms with van der Waals surface area (Å²) in [6, 6.07) is 0. The van der Waals surface area contributed by atoms with Crippen molar-refractivity contribution in [3.05, 3.63) is 0 Å². The van der Waals surface area contributed by atoms with Crippen LogP contribution in [-0.4, -0.2) is 73.0 Å². The Morgan fingerprint density at radius 2 is 2.10 bits per heavy atom. The van der Waals surface area contributed by atoms with Gasteiger partial charge in [0.25, 0.3) is 0 Å². The molecule has 0 amide bonds. The fourth-order valence-electron chi connectivity index (χ4n) is 2.53. The van der Waals surface area contributed by atoms with E-state index in [9.17, 15) is 15.0 Å². The van der Waals surface area contributed by atoms with Gasteiger partial charge < -0.3 is 33.9 Å². The first-order valence-electron chi connectivity index (χ1n) is 6.92. The number of aliphatic hydroxyl groups is 2. The number of methoxy groups -OCH3 is 1. The SMILES string of the molecule is CCOC(=O)C[C@]1(C)OC[C@H]2O[C@H](OC)[C@H](O)[C@@H](O)[C@@H]2O1. The maximum absolute atomic E-state index is 11.6. The smallest absolute Gasteiger partial charge is 0.311 e. The number of hydrogen-bond acceptors (Lipinski definition) is 8. The van der Waals surface area contributed by atoms with Gasteiger partial charge in [0, 0.05) is 7.11 Å². The predicted molar refractivity (Wildman–Crippen MR) is 68.2 cm³/mol. The lowest BCUT2D eigenvalue weighted by molar-refractivity contribution is -0.384. The summed E-state index contributed by atoms with van der Waals surface area (Å²) < 4.78 is 26.5. The van der Waals surface area contributed by atoms with Crippen molar-refractivity contribution in [2.24, 2.45) is 0 Å². The summed E-state index contributed by atoms with van der Waals surface area (Å²) in [6.07, 6.45) is -4.87. The van der Waals surface area contributed by atoms with Gasteiger partial charge in [0.15, 0.2) is 12.1 Å². The van der Waals surface area contributed by atoms with Gasteiger partial charge in [0.05, 0.1) is 19.6 Å². The van der Waals surface area contributed by atoms with Crippen LogP contribution in [-0.2, 0) is 28.5 Å². The molecule has 0 aromatic heterocycles. The van der Waals surface area contributed by atoms with Crippen LogP contribution in [0, 0.1) is 0 Å². The van der Waals surface area contributed by atoms with Gasteiger partial charge in [-0.1, -0.05) is 0 Å². The van der Waals surface area contributed by atoms with Gasteiger partial charge in [0.2, 0.25) is 0 Å². The zero-order valence-electron chi connectivity index (χ0n) is 12.4. The van der Waals surface area contributed by atoms with Gasteiger partial charge in [-0.15, -0.1) is 0 Å². The number of aliphatic hydroxyl groups excluding tert-OH is 2. The average Bonchev–Trinajstić information content (AvgIpc) is 2.43. The van der Waals surface area contributed by atoms with Crippen molar-refractivity contribution in [3.8, 4) is 0 Å². The van der Waals surface area contributed by atoms with Crippen LogP contribution in [0.4, 0.5) is 0 Å². The molecule has 21 heavy (non-hydrogen) atoms. The molecule has 0 unspecified atom stereocenters. The van der Waals surface area contributed by atoms with E-state index in [2.05, 4.69) is 0 Å². The average molecular weight is 306 g/mol. The molecule has 0 saturated carbocycles. The standard InChI is InChI=1S/C13H22O8/c1-4-18-8(14)5-13(2)19-6-7-11(21-13)9(15)10(16)12(17-3)20-7/h7,9-12,15-16H,4-6H2,1-3H3/t7-,9-,10-,11-,12+,13-/m1/s1. The Hall–Kier alpha value is -0.770. The molecule has 2 saturated heterocycles. The van der Waals surface area contributed by atoms with Gasteiger partial charge in [-0.2, -0.15) is 0 Å². The van der Waals surface area contributed by atoms with E-state index in [4.69, 9.17) is 23.7 Å². The monoisotopic (exact) mass is 306 g/mol. The molecule has 2 rings (SSSR count). The summed E-state index contributed by atoms with van der Waals surface area (Å²) in [7, 11) is 1.37. The van der Waals surface area contributed by atoms with Gasteiger partial charge in [-0.25, -0.2) is 0 Å². The maximum Gasteiger partial charge on any atom is 0.311 e. The van der Waals surface area contributed by atoms with Crippen molar-refractivity contribution in [2.45, 2.75) is 56.8 Å². The van der Waals surface area contributed by atoms with Crippen molar-refractivity contribution >= 4 is 5.97 Å². The predicted octanol–water partition coefficient (Wildman–Crippen LogP) is -0.836.